The summed E-state index contributed by atoms with van der Waals surface area (Å²) in [5.74, 6) is -0.137. The smallest absolute Gasteiger partial charge is 0.262 e. The molecule has 2 aromatic rings. The molecule has 164 valence electrons. The molecule has 0 aromatic carbocycles. The summed E-state index contributed by atoms with van der Waals surface area (Å²) in [5.41, 5.74) is 5.78. The van der Waals surface area contributed by atoms with Gasteiger partial charge in [-0.3, -0.25) is 9.78 Å². The summed E-state index contributed by atoms with van der Waals surface area (Å²) in [6, 6.07) is -0.516. The molecule has 3 aliphatic rings. The number of nitrogens with zero attached hydrogens (tertiary/aromatic N) is 2. The molecule has 30 heavy (non-hydrogen) atoms. The highest BCUT2D eigenvalue weighted by molar-refractivity contribution is 5.80. The maximum atomic E-state index is 12.6. The zero-order valence-corrected chi connectivity index (χ0v) is 15.6. The summed E-state index contributed by atoms with van der Waals surface area (Å²) in [6.07, 6.45) is -5.95. The van der Waals surface area contributed by atoms with Crippen LogP contribution < -0.4 is 16.6 Å². The molecule has 0 spiro atoms. The number of epoxide rings is 1. The van der Waals surface area contributed by atoms with E-state index in [1.807, 2.05) is 0 Å². The van der Waals surface area contributed by atoms with Crippen molar-refractivity contribution >= 4 is 17.0 Å². The first kappa shape index (κ1) is 19.8. The van der Waals surface area contributed by atoms with Crippen LogP contribution in [0.15, 0.2) is 11.0 Å². The molecule has 1 saturated carbocycles. The molecule has 9 atom stereocenters. The number of nitrogens with two attached hydrogens (primary N) is 1. The molecule has 2 saturated heterocycles. The highest BCUT2D eigenvalue weighted by Gasteiger charge is 2.61. The SMILES string of the molecule is Nc1nc2c(c(CN[C@@H]3[C@@H](O)[C@@H](O)[C@@H]4O[C@H]34)cn2[C@@H]2O[C@H](CO)[C@@H](O)[C@H]2O)c(=O)[nH]1. The van der Waals surface area contributed by atoms with E-state index in [-0.39, 0.29) is 29.6 Å². The van der Waals surface area contributed by atoms with Crippen LogP contribution in [0.5, 0.6) is 0 Å². The molecule has 9 N–H and O–H groups in total. The van der Waals surface area contributed by atoms with Gasteiger partial charge in [0.2, 0.25) is 5.95 Å². The van der Waals surface area contributed by atoms with E-state index in [9.17, 15) is 30.3 Å². The maximum Gasteiger partial charge on any atom is 0.262 e. The van der Waals surface area contributed by atoms with Crippen LogP contribution in [0, 0.1) is 0 Å². The van der Waals surface area contributed by atoms with Gasteiger partial charge in [-0.2, -0.15) is 4.98 Å². The first-order valence-electron chi connectivity index (χ1n) is 9.58. The molecule has 0 radical (unpaired) electrons. The Kier molecular flexibility index (Phi) is 4.61. The van der Waals surface area contributed by atoms with E-state index in [2.05, 4.69) is 15.3 Å². The zero-order chi connectivity index (χ0) is 21.3. The van der Waals surface area contributed by atoms with Crippen molar-refractivity contribution in [2.75, 3.05) is 12.3 Å². The lowest BCUT2D eigenvalue weighted by atomic mass is 10.1. The number of aromatic nitrogens is 3. The normalized spacial score (nSPS) is 40.2. The third-order valence-electron chi connectivity index (χ3n) is 6.07. The van der Waals surface area contributed by atoms with Crippen molar-refractivity contribution in [3.63, 3.8) is 0 Å². The minimum absolute atomic E-state index is 0.119. The molecule has 2 aromatic heterocycles. The average molecular weight is 425 g/mol. The van der Waals surface area contributed by atoms with E-state index < -0.39 is 61.1 Å². The van der Waals surface area contributed by atoms with Gasteiger partial charge in [0.05, 0.1) is 18.0 Å². The second-order valence-electron chi connectivity index (χ2n) is 7.89. The lowest BCUT2D eigenvalue weighted by Crippen LogP contribution is -2.44. The van der Waals surface area contributed by atoms with E-state index in [0.29, 0.717) is 5.56 Å². The number of nitrogens with one attached hydrogen (secondary N) is 2. The third kappa shape index (κ3) is 2.86. The van der Waals surface area contributed by atoms with Gasteiger partial charge in [-0.25, -0.2) is 0 Å². The van der Waals surface area contributed by atoms with Crippen LogP contribution in [-0.4, -0.2) is 95.4 Å². The van der Waals surface area contributed by atoms with Crippen molar-refractivity contribution in [3.8, 4) is 0 Å². The quantitative estimate of drug-likeness (QED) is 0.216. The van der Waals surface area contributed by atoms with E-state index >= 15 is 0 Å². The Morgan fingerprint density at radius 3 is 2.53 bits per heavy atom. The number of nitrogen functional groups attached to an aromatic ring is 1. The second kappa shape index (κ2) is 6.96. The number of hydrogen-bond donors (Lipinski definition) is 8. The lowest BCUT2D eigenvalue weighted by Gasteiger charge is -2.20. The fraction of sp³-hybridized carbons (Fsp3) is 0.647. The average Bonchev–Trinajstić information content (AvgIpc) is 3.26. The largest absolute Gasteiger partial charge is 0.394 e. The third-order valence-corrected chi connectivity index (χ3v) is 6.07. The van der Waals surface area contributed by atoms with Gasteiger partial charge in [-0.15, -0.1) is 0 Å². The number of ether oxygens (including phenoxy) is 2. The van der Waals surface area contributed by atoms with Crippen molar-refractivity contribution in [1.29, 1.82) is 0 Å². The van der Waals surface area contributed by atoms with Crippen molar-refractivity contribution < 1.29 is 35.0 Å². The van der Waals surface area contributed by atoms with Crippen molar-refractivity contribution in [1.82, 2.24) is 19.9 Å². The minimum Gasteiger partial charge on any atom is -0.394 e. The van der Waals surface area contributed by atoms with Crippen LogP contribution in [0.1, 0.15) is 11.8 Å². The van der Waals surface area contributed by atoms with Crippen LogP contribution in [0.3, 0.4) is 0 Å². The van der Waals surface area contributed by atoms with Gasteiger partial charge < -0.3 is 50.6 Å². The predicted octanol–water partition coefficient (Wildman–Crippen LogP) is -4.12. The first-order valence-corrected chi connectivity index (χ1v) is 9.58. The predicted molar refractivity (Wildman–Crippen MR) is 99.1 cm³/mol. The summed E-state index contributed by atoms with van der Waals surface area (Å²) in [6.45, 7) is -0.378. The summed E-state index contributed by atoms with van der Waals surface area (Å²) in [5, 5.41) is 53.1. The molecular weight excluding hydrogens is 402 g/mol. The van der Waals surface area contributed by atoms with E-state index in [4.69, 9.17) is 15.2 Å². The van der Waals surface area contributed by atoms with Crippen LogP contribution in [0.2, 0.25) is 0 Å². The summed E-state index contributed by atoms with van der Waals surface area (Å²) in [4.78, 5) is 19.1. The minimum atomic E-state index is -1.37. The molecule has 13 heteroatoms. The molecule has 2 aliphatic heterocycles. The van der Waals surface area contributed by atoms with Crippen LogP contribution >= 0.6 is 0 Å². The van der Waals surface area contributed by atoms with Crippen LogP contribution in [0.4, 0.5) is 5.95 Å². The molecule has 4 heterocycles. The molecule has 0 bridgehead atoms. The first-order chi connectivity index (χ1) is 14.3. The summed E-state index contributed by atoms with van der Waals surface area (Å²) in [7, 11) is 0. The number of rotatable bonds is 5. The number of H-pyrrole nitrogens is 1. The fourth-order valence-corrected chi connectivity index (χ4v) is 4.45. The summed E-state index contributed by atoms with van der Waals surface area (Å²) < 4.78 is 12.3. The van der Waals surface area contributed by atoms with Crippen molar-refractivity contribution in [2.45, 2.75) is 61.5 Å². The molecule has 13 nitrogen and oxygen atoms in total. The van der Waals surface area contributed by atoms with Crippen molar-refractivity contribution in [3.05, 3.63) is 22.1 Å². The molecule has 3 fully saturated rings. The highest BCUT2D eigenvalue weighted by Crippen LogP contribution is 2.39. The number of hydrogen-bond acceptors (Lipinski definition) is 11. The Balaban J connectivity index is 1.49. The standard InChI is InChI=1S/C17H23N5O8/c18-17-20-14-6(15(28)21-17)4(1-19-7-9(25)10(26)13-12(7)30-13)2-22(14)16-11(27)8(24)5(3-23)29-16/h2,5,7-13,16,19,23-27H,1,3H2,(H3,18,20,21,28)/t5-,7-,8-,9-,10-,11-,12-,13+,16-/m1/s1. The van der Waals surface area contributed by atoms with E-state index in [1.165, 1.54) is 10.8 Å². The monoisotopic (exact) mass is 425 g/mol. The molecule has 1 aliphatic carbocycles. The van der Waals surface area contributed by atoms with Gasteiger partial charge >= 0.3 is 0 Å². The Morgan fingerprint density at radius 2 is 1.90 bits per heavy atom. The molecule has 5 rings (SSSR count). The Morgan fingerprint density at radius 1 is 1.13 bits per heavy atom. The molecular formula is C17H23N5O8. The second-order valence-corrected chi connectivity index (χ2v) is 7.89. The van der Waals surface area contributed by atoms with Crippen molar-refractivity contribution in [2.24, 2.45) is 0 Å². The van der Waals surface area contributed by atoms with Gasteiger partial charge in [0.25, 0.3) is 5.56 Å². The highest BCUT2D eigenvalue weighted by atomic mass is 16.6. The molecule has 0 amide bonds. The van der Waals surface area contributed by atoms with E-state index in [1.54, 1.807) is 0 Å². The van der Waals surface area contributed by atoms with Gasteiger partial charge in [0.1, 0.15) is 42.7 Å². The fourth-order valence-electron chi connectivity index (χ4n) is 4.45. The Labute approximate surface area is 168 Å². The van der Waals surface area contributed by atoms with Crippen LogP contribution in [0.25, 0.3) is 11.0 Å². The van der Waals surface area contributed by atoms with E-state index in [0.717, 1.165) is 0 Å². The number of aliphatic hydroxyl groups excluding tert-OH is 5. The lowest BCUT2D eigenvalue weighted by molar-refractivity contribution is -0.0509. The van der Waals surface area contributed by atoms with Gasteiger partial charge in [0.15, 0.2) is 11.9 Å². The van der Waals surface area contributed by atoms with Gasteiger partial charge in [-0.05, 0) is 5.56 Å². The zero-order valence-electron chi connectivity index (χ0n) is 15.6. The number of aromatic amines is 1. The Hall–Kier alpha value is -2.10. The molecule has 0 unspecified atom stereocenters. The van der Waals surface area contributed by atoms with Crippen LogP contribution in [-0.2, 0) is 16.0 Å². The van der Waals surface area contributed by atoms with Gasteiger partial charge in [-0.1, -0.05) is 0 Å². The number of aliphatic hydroxyl groups is 5. The summed E-state index contributed by atoms with van der Waals surface area (Å²) >= 11 is 0. The number of anilines is 1. The Bertz CT molecular complexity index is 1030. The van der Waals surface area contributed by atoms with Gasteiger partial charge in [0, 0.05) is 12.7 Å². The topological polar surface area (TPSA) is 212 Å². The number of fused-ring (bicyclic) bond motifs is 2. The maximum absolute atomic E-state index is 12.6.